The van der Waals surface area contributed by atoms with Crippen molar-refractivity contribution in [2.75, 3.05) is 59.0 Å². The molecule has 6 rings (SSSR count). The van der Waals surface area contributed by atoms with Crippen molar-refractivity contribution >= 4 is 11.9 Å². The van der Waals surface area contributed by atoms with Gasteiger partial charge in [-0.25, -0.2) is 4.79 Å². The smallest absolute Gasteiger partial charge is 0.317 e. The summed E-state index contributed by atoms with van der Waals surface area (Å²) >= 11 is 0. The molecule has 0 aromatic carbocycles. The van der Waals surface area contributed by atoms with Gasteiger partial charge in [-0.3, -0.25) is 9.69 Å². The molecule has 0 unspecified atom stereocenters. The maximum absolute atomic E-state index is 13.6. The number of nitrogens with zero attached hydrogens (tertiary/aromatic N) is 3. The highest BCUT2D eigenvalue weighted by Crippen LogP contribution is 2.60. The third kappa shape index (κ3) is 4.20. The fraction of sp³-hybridized carbons (Fsp3) is 0.917. The van der Waals surface area contributed by atoms with Crippen LogP contribution in [0, 0.1) is 23.2 Å². The minimum Gasteiger partial charge on any atom is -0.379 e. The van der Waals surface area contributed by atoms with Gasteiger partial charge in [-0.15, -0.1) is 0 Å². The van der Waals surface area contributed by atoms with Crippen molar-refractivity contribution in [1.82, 2.24) is 20.0 Å². The van der Waals surface area contributed by atoms with Crippen molar-refractivity contribution in [3.05, 3.63) is 0 Å². The Morgan fingerprint density at radius 3 is 1.94 bits per heavy atom. The van der Waals surface area contributed by atoms with Crippen LogP contribution in [0.4, 0.5) is 4.79 Å². The van der Waals surface area contributed by atoms with Gasteiger partial charge in [-0.2, -0.15) is 0 Å². The van der Waals surface area contributed by atoms with E-state index in [9.17, 15) is 9.59 Å². The molecular formula is C24H40N4O3. The van der Waals surface area contributed by atoms with E-state index in [4.69, 9.17) is 4.74 Å². The highest BCUT2D eigenvalue weighted by Gasteiger charge is 2.55. The van der Waals surface area contributed by atoms with Crippen LogP contribution in [0.25, 0.3) is 0 Å². The van der Waals surface area contributed by atoms with E-state index >= 15 is 0 Å². The number of hydrogen-bond donors (Lipinski definition) is 1. The summed E-state index contributed by atoms with van der Waals surface area (Å²) in [7, 11) is 0. The summed E-state index contributed by atoms with van der Waals surface area (Å²) in [6, 6.07) is 0.00300. The van der Waals surface area contributed by atoms with E-state index in [2.05, 4.69) is 29.0 Å². The quantitative estimate of drug-likeness (QED) is 0.740. The Labute approximate surface area is 186 Å². The highest BCUT2D eigenvalue weighted by molar-refractivity contribution is 5.84. The third-order valence-corrected chi connectivity index (χ3v) is 8.89. The van der Waals surface area contributed by atoms with Crippen molar-refractivity contribution in [2.24, 2.45) is 23.2 Å². The lowest BCUT2D eigenvalue weighted by Crippen LogP contribution is -2.60. The standard InChI is InChI=1S/C24H40N4O3/c1-23(2,28-7-9-31-10-8-28)17-25-22(30)27-5-3-26(4-6-27)21(29)24-14-18-11-19(15-24)13-20(12-18)16-24/h18-20H,3-17H2,1-2H3,(H,25,30). The van der Waals surface area contributed by atoms with E-state index < -0.39 is 0 Å². The van der Waals surface area contributed by atoms with Gasteiger partial charge in [0.05, 0.1) is 18.6 Å². The van der Waals surface area contributed by atoms with Crippen molar-refractivity contribution < 1.29 is 14.3 Å². The van der Waals surface area contributed by atoms with Crippen LogP contribution >= 0.6 is 0 Å². The van der Waals surface area contributed by atoms with Gasteiger partial charge in [-0.1, -0.05) is 0 Å². The molecule has 174 valence electrons. The zero-order chi connectivity index (χ0) is 21.6. The van der Waals surface area contributed by atoms with E-state index in [-0.39, 0.29) is 17.0 Å². The van der Waals surface area contributed by atoms with Crippen LogP contribution in [-0.2, 0) is 9.53 Å². The molecule has 4 aliphatic carbocycles. The molecule has 2 aliphatic heterocycles. The maximum Gasteiger partial charge on any atom is 0.317 e. The Balaban J connectivity index is 1.11. The number of urea groups is 1. The Morgan fingerprint density at radius 1 is 0.871 bits per heavy atom. The van der Waals surface area contributed by atoms with E-state index in [0.717, 1.165) is 63.3 Å². The summed E-state index contributed by atoms with van der Waals surface area (Å²) in [5, 5.41) is 3.14. The molecule has 4 saturated carbocycles. The molecule has 7 heteroatoms. The molecule has 0 spiro atoms. The van der Waals surface area contributed by atoms with Gasteiger partial charge in [-0.05, 0) is 70.1 Å². The molecule has 2 heterocycles. The van der Waals surface area contributed by atoms with Gasteiger partial charge in [0.25, 0.3) is 0 Å². The summed E-state index contributed by atoms with van der Waals surface area (Å²) in [6.45, 7) is 11.0. The van der Waals surface area contributed by atoms with E-state index in [1.807, 2.05) is 4.90 Å². The molecule has 0 aromatic heterocycles. The number of carbonyl (C=O) groups is 2. The zero-order valence-electron chi connectivity index (χ0n) is 19.4. The van der Waals surface area contributed by atoms with Crippen LogP contribution in [0.2, 0.25) is 0 Å². The Kier molecular flexibility index (Phi) is 5.70. The monoisotopic (exact) mass is 432 g/mol. The molecule has 2 saturated heterocycles. The molecule has 4 bridgehead atoms. The minimum atomic E-state index is -0.0876. The number of amides is 3. The van der Waals surface area contributed by atoms with E-state index in [1.165, 1.54) is 19.3 Å². The molecule has 7 nitrogen and oxygen atoms in total. The highest BCUT2D eigenvalue weighted by atomic mass is 16.5. The predicted molar refractivity (Wildman–Crippen MR) is 119 cm³/mol. The Morgan fingerprint density at radius 2 is 1.39 bits per heavy atom. The number of hydrogen-bond acceptors (Lipinski definition) is 4. The molecule has 6 fully saturated rings. The second kappa shape index (κ2) is 8.22. The SMILES string of the molecule is CC(C)(CNC(=O)N1CCN(C(=O)C23CC4CC(CC(C4)C2)C3)CC1)N1CCOCC1. The van der Waals surface area contributed by atoms with Gasteiger partial charge in [0, 0.05) is 51.4 Å². The Hall–Kier alpha value is -1.34. The summed E-state index contributed by atoms with van der Waals surface area (Å²) in [5.41, 5.74) is -0.156. The fourth-order valence-corrected chi connectivity index (χ4v) is 7.50. The zero-order valence-corrected chi connectivity index (χ0v) is 19.4. The molecule has 0 radical (unpaired) electrons. The number of rotatable bonds is 4. The normalized spacial score (nSPS) is 36.0. The summed E-state index contributed by atoms with van der Waals surface area (Å²) in [6.07, 6.45) is 7.45. The molecule has 0 aromatic rings. The van der Waals surface area contributed by atoms with Crippen LogP contribution in [0.15, 0.2) is 0 Å². The lowest BCUT2D eigenvalue weighted by molar-refractivity contribution is -0.159. The van der Waals surface area contributed by atoms with Crippen LogP contribution in [-0.4, -0.2) is 91.2 Å². The van der Waals surface area contributed by atoms with Crippen molar-refractivity contribution in [1.29, 1.82) is 0 Å². The second-order valence-electron chi connectivity index (χ2n) is 11.5. The molecule has 1 N–H and O–H groups in total. The average molecular weight is 433 g/mol. The van der Waals surface area contributed by atoms with Gasteiger partial charge < -0.3 is 19.9 Å². The average Bonchev–Trinajstić information content (AvgIpc) is 2.77. The van der Waals surface area contributed by atoms with Gasteiger partial charge in [0.1, 0.15) is 0 Å². The number of morpholine rings is 1. The lowest BCUT2D eigenvalue weighted by atomic mass is 9.49. The van der Waals surface area contributed by atoms with E-state index in [0.29, 0.717) is 38.6 Å². The summed E-state index contributed by atoms with van der Waals surface area (Å²) in [4.78, 5) is 32.7. The molecule has 31 heavy (non-hydrogen) atoms. The first-order valence-electron chi connectivity index (χ1n) is 12.5. The predicted octanol–water partition coefficient (Wildman–Crippen LogP) is 2.17. The van der Waals surface area contributed by atoms with Gasteiger partial charge in [0.2, 0.25) is 5.91 Å². The summed E-state index contributed by atoms with van der Waals surface area (Å²) < 4.78 is 5.45. The first-order chi connectivity index (χ1) is 14.8. The van der Waals surface area contributed by atoms with Crippen molar-refractivity contribution in [3.8, 4) is 0 Å². The third-order valence-electron chi connectivity index (χ3n) is 8.89. The minimum absolute atomic E-state index is 0.00300. The number of nitrogens with one attached hydrogen (secondary N) is 1. The molecule has 0 atom stereocenters. The topological polar surface area (TPSA) is 65.1 Å². The van der Waals surface area contributed by atoms with Crippen molar-refractivity contribution in [3.63, 3.8) is 0 Å². The van der Waals surface area contributed by atoms with E-state index in [1.54, 1.807) is 0 Å². The van der Waals surface area contributed by atoms with Crippen LogP contribution in [0.5, 0.6) is 0 Å². The van der Waals surface area contributed by atoms with Gasteiger partial charge >= 0.3 is 6.03 Å². The lowest BCUT2D eigenvalue weighted by Gasteiger charge is -2.57. The largest absolute Gasteiger partial charge is 0.379 e. The molecule has 3 amide bonds. The first kappa shape index (κ1) is 21.5. The maximum atomic E-state index is 13.6. The van der Waals surface area contributed by atoms with Crippen LogP contribution in [0.3, 0.4) is 0 Å². The fourth-order valence-electron chi connectivity index (χ4n) is 7.50. The van der Waals surface area contributed by atoms with Gasteiger partial charge in [0.15, 0.2) is 0 Å². The second-order valence-corrected chi connectivity index (χ2v) is 11.5. The number of ether oxygens (including phenoxy) is 1. The number of carbonyl (C=O) groups excluding carboxylic acids is 2. The van der Waals surface area contributed by atoms with Crippen LogP contribution in [0.1, 0.15) is 52.4 Å². The summed E-state index contributed by atoms with van der Waals surface area (Å²) in [5.74, 6) is 2.77. The van der Waals surface area contributed by atoms with Crippen LogP contribution < -0.4 is 5.32 Å². The Bertz CT molecular complexity index is 660. The molecule has 6 aliphatic rings. The molecular weight excluding hydrogens is 392 g/mol. The number of piperazine rings is 1. The van der Waals surface area contributed by atoms with Crippen molar-refractivity contribution in [2.45, 2.75) is 57.9 Å². The first-order valence-corrected chi connectivity index (χ1v) is 12.5.